The van der Waals surface area contributed by atoms with Gasteiger partial charge in [0.1, 0.15) is 29.8 Å². The van der Waals surface area contributed by atoms with Crippen LogP contribution in [0.1, 0.15) is 62.8 Å². The number of hydrogen-bond donors (Lipinski definition) is 4. The summed E-state index contributed by atoms with van der Waals surface area (Å²) < 4.78 is 15.3. The molecule has 15 nitrogen and oxygen atoms in total. The number of nitrogens with one attached hydrogen (secondary N) is 4. The van der Waals surface area contributed by atoms with Gasteiger partial charge in [0.15, 0.2) is 0 Å². The van der Waals surface area contributed by atoms with Crippen molar-refractivity contribution in [1.29, 1.82) is 0 Å². The zero-order valence-electron chi connectivity index (χ0n) is 31.7. The van der Waals surface area contributed by atoms with Gasteiger partial charge >= 0.3 is 12.2 Å². The second kappa shape index (κ2) is 15.6. The third-order valence-electron chi connectivity index (χ3n) is 11.4. The van der Waals surface area contributed by atoms with E-state index in [0.29, 0.717) is 38.0 Å². The van der Waals surface area contributed by atoms with Crippen molar-refractivity contribution in [2.45, 2.75) is 63.2 Å². The van der Waals surface area contributed by atoms with Crippen LogP contribution < -0.4 is 10.6 Å². The van der Waals surface area contributed by atoms with Crippen LogP contribution in [0.4, 0.5) is 9.59 Å². The molecule has 292 valence electrons. The van der Waals surface area contributed by atoms with Crippen molar-refractivity contribution in [2.24, 2.45) is 5.92 Å². The van der Waals surface area contributed by atoms with Gasteiger partial charge in [0.05, 0.1) is 56.4 Å². The highest BCUT2D eigenvalue weighted by atomic mass is 16.5. The number of aromatic amines is 2. The van der Waals surface area contributed by atoms with Crippen molar-refractivity contribution in [2.75, 3.05) is 40.5 Å². The van der Waals surface area contributed by atoms with Crippen LogP contribution in [0, 0.1) is 5.92 Å². The molecule has 56 heavy (non-hydrogen) atoms. The number of methoxy groups -OCH3 is 2. The number of ether oxygens (including phenoxy) is 3. The van der Waals surface area contributed by atoms with Crippen LogP contribution in [0.2, 0.25) is 0 Å². The molecule has 5 aromatic rings. The first-order valence-electron chi connectivity index (χ1n) is 19.2. The fourth-order valence-corrected chi connectivity index (χ4v) is 8.09. The Morgan fingerprint density at radius 1 is 0.786 bits per heavy atom. The summed E-state index contributed by atoms with van der Waals surface area (Å²) in [5.41, 5.74) is 5.53. The Hall–Kier alpha value is -5.96. The summed E-state index contributed by atoms with van der Waals surface area (Å²) in [4.78, 5) is 70.9. The summed E-state index contributed by atoms with van der Waals surface area (Å²) >= 11 is 0. The van der Waals surface area contributed by atoms with Gasteiger partial charge in [-0.2, -0.15) is 0 Å². The average molecular weight is 763 g/mol. The molecule has 15 heteroatoms. The Morgan fingerprint density at radius 3 is 2.23 bits per heavy atom. The van der Waals surface area contributed by atoms with Crippen molar-refractivity contribution >= 4 is 45.8 Å². The van der Waals surface area contributed by atoms with E-state index in [1.807, 2.05) is 12.1 Å². The standard InChI is InChI=1S/C41H46N8O7/c1-23(43-40(52)54-2)38(50)48-15-5-8-33(48)36-42-21-32(46-36)29-12-11-25-18-26(9-10-27(25)19-29)28-13-14-30-31(20-28)45-37(44-30)34-22-56-17-16-49(34)39(51)35(24-6-4-7-24)47-41(53)55-3/h9-14,18-21,23-24,33-35H,4-8,15-17,22H2,1-3H3,(H,42,46)(H,43,52)(H,44,45)(H,47,53). The lowest BCUT2D eigenvalue weighted by molar-refractivity contribution is -0.145. The lowest BCUT2D eigenvalue weighted by Crippen LogP contribution is -2.56. The van der Waals surface area contributed by atoms with Gasteiger partial charge in [0.25, 0.3) is 0 Å². The van der Waals surface area contributed by atoms with Crippen molar-refractivity contribution in [3.05, 3.63) is 72.4 Å². The molecule has 2 aromatic heterocycles. The van der Waals surface area contributed by atoms with E-state index >= 15 is 0 Å². The van der Waals surface area contributed by atoms with Crippen molar-refractivity contribution in [3.8, 4) is 22.4 Å². The number of H-pyrrole nitrogens is 2. The number of imidazole rings is 2. The van der Waals surface area contributed by atoms with Crippen LogP contribution >= 0.6 is 0 Å². The maximum absolute atomic E-state index is 13.9. The lowest BCUT2D eigenvalue weighted by Gasteiger charge is -2.40. The minimum absolute atomic E-state index is 0.0794. The number of alkyl carbamates (subject to hydrolysis) is 2. The van der Waals surface area contributed by atoms with Gasteiger partial charge in [0, 0.05) is 18.7 Å². The minimum Gasteiger partial charge on any atom is -0.453 e. The highest BCUT2D eigenvalue weighted by Crippen LogP contribution is 2.35. The summed E-state index contributed by atoms with van der Waals surface area (Å²) in [5.74, 6) is 1.12. The highest BCUT2D eigenvalue weighted by molar-refractivity contribution is 5.92. The summed E-state index contributed by atoms with van der Waals surface area (Å²) in [6, 6.07) is 16.7. The predicted octanol–water partition coefficient (Wildman–Crippen LogP) is 5.61. The molecule has 0 bridgehead atoms. The topological polar surface area (TPSA) is 184 Å². The first kappa shape index (κ1) is 37.0. The molecule has 3 fully saturated rings. The van der Waals surface area contributed by atoms with Crippen LogP contribution in [-0.2, 0) is 23.8 Å². The molecule has 0 spiro atoms. The number of rotatable bonds is 9. The quantitative estimate of drug-likeness (QED) is 0.148. The first-order chi connectivity index (χ1) is 27.2. The third-order valence-corrected chi connectivity index (χ3v) is 11.4. The molecule has 4 heterocycles. The second-order valence-electron chi connectivity index (χ2n) is 14.8. The number of hydrogen-bond acceptors (Lipinski definition) is 9. The molecule has 1 aliphatic carbocycles. The van der Waals surface area contributed by atoms with E-state index in [4.69, 9.17) is 14.5 Å². The number of carbonyl (C=O) groups excluding carboxylic acids is 4. The predicted molar refractivity (Wildman–Crippen MR) is 207 cm³/mol. The molecule has 4 N–H and O–H groups in total. The number of carbonyl (C=O) groups is 4. The zero-order valence-corrected chi connectivity index (χ0v) is 31.7. The minimum atomic E-state index is -0.713. The number of benzene rings is 3. The van der Waals surface area contributed by atoms with Gasteiger partial charge < -0.3 is 44.6 Å². The van der Waals surface area contributed by atoms with Gasteiger partial charge in [-0.1, -0.05) is 36.8 Å². The van der Waals surface area contributed by atoms with E-state index in [0.717, 1.165) is 76.3 Å². The van der Waals surface area contributed by atoms with Crippen LogP contribution in [0.15, 0.2) is 60.8 Å². The van der Waals surface area contributed by atoms with Crippen LogP contribution in [-0.4, -0.2) is 106 Å². The van der Waals surface area contributed by atoms with Crippen LogP contribution in [0.3, 0.4) is 0 Å². The monoisotopic (exact) mass is 762 g/mol. The van der Waals surface area contributed by atoms with Gasteiger partial charge in [-0.3, -0.25) is 9.59 Å². The van der Waals surface area contributed by atoms with E-state index < -0.39 is 30.3 Å². The summed E-state index contributed by atoms with van der Waals surface area (Å²) in [5, 5.41) is 7.49. The number of amides is 4. The highest BCUT2D eigenvalue weighted by Gasteiger charge is 2.41. The molecule has 3 aliphatic rings. The Labute approximate surface area is 323 Å². The fourth-order valence-electron chi connectivity index (χ4n) is 8.09. The Kier molecular flexibility index (Phi) is 10.3. The van der Waals surface area contributed by atoms with E-state index in [1.54, 1.807) is 22.9 Å². The molecule has 4 unspecified atom stereocenters. The Balaban J connectivity index is 0.986. The van der Waals surface area contributed by atoms with Gasteiger partial charge in [-0.25, -0.2) is 19.6 Å². The first-order valence-corrected chi connectivity index (χ1v) is 19.2. The normalized spacial score (nSPS) is 19.7. The molecular weight excluding hydrogens is 716 g/mol. The second-order valence-corrected chi connectivity index (χ2v) is 14.8. The molecular formula is C41H46N8O7. The maximum atomic E-state index is 13.9. The lowest BCUT2D eigenvalue weighted by atomic mass is 9.79. The van der Waals surface area contributed by atoms with Crippen LogP contribution in [0.25, 0.3) is 44.2 Å². The average Bonchev–Trinajstić information content (AvgIpc) is 3.99. The van der Waals surface area contributed by atoms with Gasteiger partial charge in [0.2, 0.25) is 11.8 Å². The molecule has 2 aliphatic heterocycles. The summed E-state index contributed by atoms with van der Waals surface area (Å²) in [6.45, 7) is 3.35. The van der Waals surface area contributed by atoms with E-state index in [2.05, 4.69) is 72.8 Å². The number of likely N-dealkylation sites (tertiary alicyclic amines) is 1. The maximum Gasteiger partial charge on any atom is 0.407 e. The number of morpholine rings is 1. The van der Waals surface area contributed by atoms with E-state index in [1.165, 1.54) is 14.2 Å². The van der Waals surface area contributed by atoms with Crippen molar-refractivity contribution in [1.82, 2.24) is 40.4 Å². The van der Waals surface area contributed by atoms with Crippen molar-refractivity contribution in [3.63, 3.8) is 0 Å². The molecule has 3 aromatic carbocycles. The molecule has 4 atom stereocenters. The number of nitrogens with zero attached hydrogens (tertiary/aromatic N) is 4. The molecule has 0 radical (unpaired) electrons. The SMILES string of the molecule is COC(=O)NC(C)C(=O)N1CCCC1c1ncc(-c2ccc3cc(-c4ccc5nc(C6COCCN6C(=O)C(NC(=O)OC)C6CCC6)[nH]c5c4)ccc3c2)[nH]1. The van der Waals surface area contributed by atoms with Gasteiger partial charge in [-0.15, -0.1) is 0 Å². The van der Waals surface area contributed by atoms with E-state index in [-0.39, 0.29) is 23.8 Å². The fraction of sp³-hybridized carbons (Fsp3) is 0.415. The number of aromatic nitrogens is 4. The molecule has 8 rings (SSSR count). The summed E-state index contributed by atoms with van der Waals surface area (Å²) in [7, 11) is 2.58. The van der Waals surface area contributed by atoms with Crippen molar-refractivity contribution < 1.29 is 33.4 Å². The third kappa shape index (κ3) is 7.26. The Morgan fingerprint density at radius 2 is 1.48 bits per heavy atom. The van der Waals surface area contributed by atoms with Crippen LogP contribution in [0.5, 0.6) is 0 Å². The smallest absolute Gasteiger partial charge is 0.407 e. The Bertz CT molecular complexity index is 2280. The summed E-state index contributed by atoms with van der Waals surface area (Å²) in [6.07, 6.45) is 4.97. The van der Waals surface area contributed by atoms with E-state index in [9.17, 15) is 19.2 Å². The van der Waals surface area contributed by atoms with Gasteiger partial charge in [-0.05, 0) is 84.7 Å². The molecule has 1 saturated carbocycles. The largest absolute Gasteiger partial charge is 0.453 e. The molecule has 4 amide bonds. The number of fused-ring (bicyclic) bond motifs is 2. The zero-order chi connectivity index (χ0) is 38.9. The molecule has 2 saturated heterocycles.